The van der Waals surface area contributed by atoms with Crippen molar-refractivity contribution in [3.8, 4) is 0 Å². The summed E-state index contributed by atoms with van der Waals surface area (Å²) < 4.78 is 29.8. The third-order valence-electron chi connectivity index (χ3n) is 2.73. The van der Waals surface area contributed by atoms with Gasteiger partial charge < -0.3 is 9.73 Å². The van der Waals surface area contributed by atoms with Crippen molar-refractivity contribution in [1.82, 2.24) is 24.8 Å². The van der Waals surface area contributed by atoms with Crippen molar-refractivity contribution >= 4 is 15.9 Å². The van der Waals surface area contributed by atoms with E-state index >= 15 is 0 Å². The monoisotopic (exact) mass is 313 g/mol. The second kappa shape index (κ2) is 5.66. The third-order valence-corrected chi connectivity index (χ3v) is 4.42. The maximum absolute atomic E-state index is 12.0. The van der Waals surface area contributed by atoms with E-state index in [0.717, 1.165) is 4.31 Å². The van der Waals surface area contributed by atoms with E-state index in [1.807, 2.05) is 0 Å². The second-order valence-corrected chi connectivity index (χ2v) is 6.55. The number of H-pyrrole nitrogens is 1. The fraction of sp³-hybridized carbons (Fsp3) is 0.364. The van der Waals surface area contributed by atoms with Crippen LogP contribution in [-0.4, -0.2) is 47.9 Å². The third kappa shape index (κ3) is 3.11. The van der Waals surface area contributed by atoms with E-state index in [1.165, 1.54) is 32.6 Å². The molecule has 9 nitrogen and oxygen atoms in total. The van der Waals surface area contributed by atoms with Gasteiger partial charge in [0.05, 0.1) is 6.04 Å². The lowest BCUT2D eigenvalue weighted by atomic mass is 10.3. The zero-order valence-electron chi connectivity index (χ0n) is 11.7. The minimum Gasteiger partial charge on any atom is -0.438 e. The topological polar surface area (TPSA) is 121 Å². The molecule has 0 spiro atoms. The van der Waals surface area contributed by atoms with Gasteiger partial charge in [-0.05, 0) is 19.1 Å². The summed E-state index contributed by atoms with van der Waals surface area (Å²) in [7, 11) is -0.946. The maximum atomic E-state index is 12.0. The van der Waals surface area contributed by atoms with Gasteiger partial charge >= 0.3 is 0 Å². The van der Waals surface area contributed by atoms with Crippen LogP contribution in [-0.2, 0) is 10.0 Å². The molecule has 1 amide bonds. The van der Waals surface area contributed by atoms with Crippen LogP contribution in [0.1, 0.15) is 29.3 Å². The Labute approximate surface area is 121 Å². The highest BCUT2D eigenvalue weighted by Gasteiger charge is 2.24. The molecule has 2 rings (SSSR count). The number of sulfonamides is 1. The first kappa shape index (κ1) is 15.2. The molecule has 0 saturated carbocycles. The van der Waals surface area contributed by atoms with Crippen LogP contribution in [0.15, 0.2) is 28.0 Å². The van der Waals surface area contributed by atoms with Gasteiger partial charge in [-0.3, -0.25) is 9.89 Å². The Bertz CT molecular complexity index is 720. The number of furan rings is 1. The Balaban J connectivity index is 2.13. The van der Waals surface area contributed by atoms with Gasteiger partial charge in [-0.15, -0.1) is 0 Å². The quantitative estimate of drug-likeness (QED) is 0.809. The van der Waals surface area contributed by atoms with E-state index in [9.17, 15) is 13.2 Å². The van der Waals surface area contributed by atoms with E-state index < -0.39 is 22.0 Å². The average Bonchev–Trinajstić information content (AvgIpc) is 3.10. The molecule has 114 valence electrons. The van der Waals surface area contributed by atoms with Gasteiger partial charge in [0.1, 0.15) is 12.2 Å². The molecule has 0 radical (unpaired) electrons. The lowest BCUT2D eigenvalue weighted by molar-refractivity contribution is 0.0904. The largest absolute Gasteiger partial charge is 0.438 e. The highest BCUT2D eigenvalue weighted by atomic mass is 32.2. The fourth-order valence-corrected chi connectivity index (χ4v) is 2.32. The number of carbonyl (C=O) groups excluding carboxylic acids is 1. The van der Waals surface area contributed by atoms with Crippen LogP contribution in [0.3, 0.4) is 0 Å². The van der Waals surface area contributed by atoms with Crippen LogP contribution in [0.25, 0.3) is 0 Å². The highest BCUT2D eigenvalue weighted by molar-refractivity contribution is 7.88. The van der Waals surface area contributed by atoms with Crippen LogP contribution in [0.2, 0.25) is 0 Å². The van der Waals surface area contributed by atoms with E-state index in [2.05, 4.69) is 20.5 Å². The summed E-state index contributed by atoms with van der Waals surface area (Å²) in [6.07, 6.45) is 1.33. The Hall–Kier alpha value is -2.20. The Kier molecular flexibility index (Phi) is 4.09. The highest BCUT2D eigenvalue weighted by Crippen LogP contribution is 2.17. The molecule has 21 heavy (non-hydrogen) atoms. The van der Waals surface area contributed by atoms with E-state index in [1.54, 1.807) is 6.92 Å². The van der Waals surface area contributed by atoms with Gasteiger partial charge in [-0.25, -0.2) is 17.7 Å². The minimum atomic E-state index is -3.70. The summed E-state index contributed by atoms with van der Waals surface area (Å²) in [4.78, 5) is 15.9. The zero-order valence-corrected chi connectivity index (χ0v) is 12.5. The lowest BCUT2D eigenvalue weighted by Gasteiger charge is -2.10. The number of aromatic nitrogens is 3. The standard InChI is InChI=1S/C11H15N5O4S/c1-7(10-12-6-13-15-10)14-11(17)8-4-5-9(20-8)21(18,19)16(2)3/h4-7H,1-3H3,(H,14,17)(H,12,13,15). The summed E-state index contributed by atoms with van der Waals surface area (Å²) in [5, 5.41) is 8.64. The molecule has 0 aliphatic rings. The number of aromatic amines is 1. The zero-order chi connectivity index (χ0) is 15.6. The number of rotatable bonds is 5. The number of amides is 1. The second-order valence-electron chi connectivity index (χ2n) is 4.47. The van der Waals surface area contributed by atoms with E-state index in [4.69, 9.17) is 4.42 Å². The van der Waals surface area contributed by atoms with Crippen molar-refractivity contribution in [3.63, 3.8) is 0 Å². The van der Waals surface area contributed by atoms with Crippen molar-refractivity contribution in [1.29, 1.82) is 0 Å². The summed E-state index contributed by atoms with van der Waals surface area (Å²) in [6.45, 7) is 1.71. The number of carbonyl (C=O) groups is 1. The van der Waals surface area contributed by atoms with Crippen molar-refractivity contribution in [2.24, 2.45) is 0 Å². The SMILES string of the molecule is CC(NC(=O)c1ccc(S(=O)(=O)N(C)C)o1)c1ncn[nH]1. The molecule has 1 atom stereocenters. The average molecular weight is 313 g/mol. The first-order valence-corrected chi connectivity index (χ1v) is 7.45. The predicted octanol–water partition coefficient (Wildman–Crippen LogP) is 0.139. The molecule has 2 heterocycles. The van der Waals surface area contributed by atoms with Gasteiger partial charge in [-0.1, -0.05) is 0 Å². The van der Waals surface area contributed by atoms with Crippen LogP contribution < -0.4 is 5.32 Å². The Morgan fingerprint density at radius 2 is 2.14 bits per heavy atom. The summed E-state index contributed by atoms with van der Waals surface area (Å²) in [5.41, 5.74) is 0. The van der Waals surface area contributed by atoms with E-state index in [-0.39, 0.29) is 10.9 Å². The molecule has 2 N–H and O–H groups in total. The normalized spacial score (nSPS) is 13.3. The number of hydrogen-bond donors (Lipinski definition) is 2. The van der Waals surface area contributed by atoms with Crippen molar-refractivity contribution < 1.29 is 17.6 Å². The van der Waals surface area contributed by atoms with Gasteiger partial charge in [0.25, 0.3) is 15.9 Å². The van der Waals surface area contributed by atoms with Crippen LogP contribution in [0, 0.1) is 0 Å². The molecule has 2 aromatic heterocycles. The molecule has 0 saturated heterocycles. The number of hydrogen-bond acceptors (Lipinski definition) is 6. The summed E-state index contributed by atoms with van der Waals surface area (Å²) in [6, 6.07) is 2.13. The molecular formula is C11H15N5O4S. The smallest absolute Gasteiger partial charge is 0.287 e. The Morgan fingerprint density at radius 1 is 1.43 bits per heavy atom. The molecule has 10 heteroatoms. The number of nitrogens with one attached hydrogen (secondary N) is 2. The van der Waals surface area contributed by atoms with Gasteiger partial charge in [-0.2, -0.15) is 5.10 Å². The van der Waals surface area contributed by atoms with Crippen molar-refractivity contribution in [2.45, 2.75) is 18.1 Å². The lowest BCUT2D eigenvalue weighted by Crippen LogP contribution is -2.27. The van der Waals surface area contributed by atoms with Crippen molar-refractivity contribution in [3.05, 3.63) is 30.0 Å². The summed E-state index contributed by atoms with van der Waals surface area (Å²) in [5.74, 6) is -0.156. The first-order chi connectivity index (χ1) is 9.82. The maximum Gasteiger partial charge on any atom is 0.287 e. The van der Waals surface area contributed by atoms with Gasteiger partial charge in [0.15, 0.2) is 5.76 Å². The Morgan fingerprint density at radius 3 is 2.71 bits per heavy atom. The molecule has 0 bridgehead atoms. The van der Waals surface area contributed by atoms with Gasteiger partial charge in [0.2, 0.25) is 5.09 Å². The van der Waals surface area contributed by atoms with Crippen LogP contribution in [0.4, 0.5) is 0 Å². The first-order valence-electron chi connectivity index (χ1n) is 6.01. The number of nitrogens with zero attached hydrogens (tertiary/aromatic N) is 3. The molecule has 0 aromatic carbocycles. The molecule has 2 aromatic rings. The van der Waals surface area contributed by atoms with Gasteiger partial charge in [0, 0.05) is 14.1 Å². The predicted molar refractivity (Wildman–Crippen MR) is 71.8 cm³/mol. The van der Waals surface area contributed by atoms with E-state index in [0.29, 0.717) is 5.82 Å². The minimum absolute atomic E-state index is 0.0956. The van der Waals surface area contributed by atoms with Crippen LogP contribution in [0.5, 0.6) is 0 Å². The molecule has 1 unspecified atom stereocenters. The molecule has 0 aliphatic carbocycles. The summed E-state index contributed by atoms with van der Waals surface area (Å²) >= 11 is 0. The van der Waals surface area contributed by atoms with Crippen LogP contribution >= 0.6 is 0 Å². The fourth-order valence-electron chi connectivity index (χ4n) is 1.52. The molecular weight excluding hydrogens is 298 g/mol. The molecule has 0 aliphatic heterocycles. The van der Waals surface area contributed by atoms with Crippen molar-refractivity contribution in [2.75, 3.05) is 14.1 Å². The molecule has 0 fully saturated rings.